The van der Waals surface area contributed by atoms with Gasteiger partial charge in [0.25, 0.3) is 11.8 Å². The normalized spacial score (nSPS) is 13.3. The number of piperazine rings is 1. The molecule has 0 radical (unpaired) electrons. The van der Waals surface area contributed by atoms with Crippen LogP contribution in [0.1, 0.15) is 24.2 Å². The zero-order valence-electron chi connectivity index (χ0n) is 22.6. The first kappa shape index (κ1) is 28.1. The molecular formula is C30H35ClN4O4. The summed E-state index contributed by atoms with van der Waals surface area (Å²) in [4.78, 5) is 30.3. The van der Waals surface area contributed by atoms with Crippen LogP contribution in [-0.2, 0) is 4.79 Å². The van der Waals surface area contributed by atoms with Crippen molar-refractivity contribution in [2.45, 2.75) is 13.8 Å². The Hall–Kier alpha value is -3.91. The van der Waals surface area contributed by atoms with Crippen molar-refractivity contribution >= 4 is 40.5 Å². The van der Waals surface area contributed by atoms with E-state index in [0.29, 0.717) is 34.5 Å². The Balaban J connectivity index is 1.46. The third-order valence-corrected chi connectivity index (χ3v) is 6.68. The Morgan fingerprint density at radius 3 is 2.26 bits per heavy atom. The molecule has 4 rings (SSSR count). The number of hydrogen-bond donors (Lipinski definition) is 2. The first-order valence-corrected chi connectivity index (χ1v) is 13.4. The number of nitrogens with zero attached hydrogens (tertiary/aromatic N) is 2. The lowest BCUT2D eigenvalue weighted by molar-refractivity contribution is -0.118. The number of ether oxygens (including phenoxy) is 2. The van der Waals surface area contributed by atoms with Gasteiger partial charge in [0.1, 0.15) is 11.5 Å². The molecule has 0 atom stereocenters. The van der Waals surface area contributed by atoms with E-state index in [1.807, 2.05) is 30.3 Å². The molecular weight excluding hydrogens is 516 g/mol. The van der Waals surface area contributed by atoms with Gasteiger partial charge in [-0.1, -0.05) is 37.6 Å². The predicted octanol–water partition coefficient (Wildman–Crippen LogP) is 5.08. The molecule has 3 aromatic rings. The number of para-hydroxylation sites is 2. The van der Waals surface area contributed by atoms with Gasteiger partial charge in [0.15, 0.2) is 6.61 Å². The molecule has 1 fully saturated rings. The highest BCUT2D eigenvalue weighted by atomic mass is 35.5. The molecule has 1 aliphatic rings. The van der Waals surface area contributed by atoms with E-state index in [9.17, 15) is 9.59 Å². The van der Waals surface area contributed by atoms with E-state index in [1.165, 1.54) is 0 Å². The molecule has 0 saturated carbocycles. The molecule has 0 bridgehead atoms. The number of benzene rings is 3. The fraction of sp³-hybridized carbons (Fsp3) is 0.333. The van der Waals surface area contributed by atoms with Gasteiger partial charge in [-0.3, -0.25) is 9.59 Å². The maximum atomic E-state index is 13.2. The van der Waals surface area contributed by atoms with Crippen LogP contribution in [0.3, 0.4) is 0 Å². The fourth-order valence-electron chi connectivity index (χ4n) is 4.42. The minimum atomic E-state index is -0.323. The van der Waals surface area contributed by atoms with E-state index < -0.39 is 0 Å². The van der Waals surface area contributed by atoms with Crippen molar-refractivity contribution in [1.82, 2.24) is 5.32 Å². The summed E-state index contributed by atoms with van der Waals surface area (Å²) in [5.74, 6) is 1.22. The second-order valence-corrected chi connectivity index (χ2v) is 10.2. The van der Waals surface area contributed by atoms with Gasteiger partial charge < -0.3 is 29.9 Å². The van der Waals surface area contributed by atoms with Crippen molar-refractivity contribution in [2.24, 2.45) is 5.92 Å². The maximum absolute atomic E-state index is 13.2. The Labute approximate surface area is 234 Å². The minimum Gasteiger partial charge on any atom is -0.495 e. The van der Waals surface area contributed by atoms with Crippen LogP contribution in [0.15, 0.2) is 66.7 Å². The van der Waals surface area contributed by atoms with Crippen molar-refractivity contribution < 1.29 is 19.1 Å². The summed E-state index contributed by atoms with van der Waals surface area (Å²) >= 11 is 5.90. The van der Waals surface area contributed by atoms with Crippen LogP contribution in [0.4, 0.5) is 17.1 Å². The third-order valence-electron chi connectivity index (χ3n) is 6.43. The standard InChI is InChI=1S/C30H35ClN4O4/c1-21(2)19-32-30(37)25-18-23(33-29(36)20-39-24-11-8-22(31)9-12-24)10-13-26(25)34-14-16-35(17-15-34)27-6-4-5-7-28(27)38-3/h4-13,18,21H,14-17,19-20H2,1-3H3,(H,32,37)(H,33,36). The number of carbonyl (C=O) groups is 2. The van der Waals surface area contributed by atoms with Crippen molar-refractivity contribution in [3.8, 4) is 11.5 Å². The number of rotatable bonds is 10. The van der Waals surface area contributed by atoms with Crippen molar-refractivity contribution in [3.05, 3.63) is 77.3 Å². The molecule has 2 N–H and O–H groups in total. The molecule has 0 aromatic heterocycles. The average molecular weight is 551 g/mol. The van der Waals surface area contributed by atoms with Crippen LogP contribution in [0.5, 0.6) is 11.5 Å². The van der Waals surface area contributed by atoms with Crippen molar-refractivity contribution in [1.29, 1.82) is 0 Å². The van der Waals surface area contributed by atoms with Crippen LogP contribution in [0, 0.1) is 5.92 Å². The Morgan fingerprint density at radius 2 is 1.59 bits per heavy atom. The first-order chi connectivity index (χ1) is 18.8. The summed E-state index contributed by atoms with van der Waals surface area (Å²) in [6.07, 6.45) is 0. The number of halogens is 1. The molecule has 0 aliphatic carbocycles. The SMILES string of the molecule is COc1ccccc1N1CCN(c2ccc(NC(=O)COc3ccc(Cl)cc3)cc2C(=O)NCC(C)C)CC1. The second kappa shape index (κ2) is 13.2. The average Bonchev–Trinajstić information content (AvgIpc) is 2.95. The van der Waals surface area contributed by atoms with Crippen molar-refractivity contribution in [2.75, 3.05) is 61.6 Å². The van der Waals surface area contributed by atoms with E-state index in [2.05, 4.69) is 40.3 Å². The zero-order valence-corrected chi connectivity index (χ0v) is 23.3. The second-order valence-electron chi connectivity index (χ2n) is 9.77. The smallest absolute Gasteiger partial charge is 0.262 e. The Bertz CT molecular complexity index is 1270. The highest BCUT2D eigenvalue weighted by Gasteiger charge is 2.24. The Kier molecular flexibility index (Phi) is 9.54. The number of anilines is 3. The monoisotopic (exact) mass is 550 g/mol. The molecule has 0 unspecified atom stereocenters. The van der Waals surface area contributed by atoms with Crippen LogP contribution in [0.25, 0.3) is 0 Å². The summed E-state index contributed by atoms with van der Waals surface area (Å²) in [6.45, 7) is 7.55. The molecule has 2 amide bonds. The molecule has 1 heterocycles. The highest BCUT2D eigenvalue weighted by Crippen LogP contribution is 2.31. The Morgan fingerprint density at radius 1 is 0.923 bits per heavy atom. The molecule has 9 heteroatoms. The van der Waals surface area contributed by atoms with Crippen LogP contribution >= 0.6 is 11.6 Å². The predicted molar refractivity (Wildman–Crippen MR) is 157 cm³/mol. The first-order valence-electron chi connectivity index (χ1n) is 13.1. The molecule has 39 heavy (non-hydrogen) atoms. The quantitative estimate of drug-likeness (QED) is 0.366. The maximum Gasteiger partial charge on any atom is 0.262 e. The van der Waals surface area contributed by atoms with Gasteiger partial charge in [-0.05, 0) is 60.5 Å². The molecule has 206 valence electrons. The summed E-state index contributed by atoms with van der Waals surface area (Å²) in [5, 5.41) is 6.46. The summed E-state index contributed by atoms with van der Waals surface area (Å²) in [7, 11) is 1.68. The van der Waals surface area contributed by atoms with E-state index in [1.54, 1.807) is 37.4 Å². The van der Waals surface area contributed by atoms with Gasteiger partial charge >= 0.3 is 0 Å². The lowest BCUT2D eigenvalue weighted by Crippen LogP contribution is -2.47. The summed E-state index contributed by atoms with van der Waals surface area (Å²) in [5.41, 5.74) is 2.96. The highest BCUT2D eigenvalue weighted by molar-refractivity contribution is 6.30. The molecule has 1 saturated heterocycles. The van der Waals surface area contributed by atoms with Gasteiger partial charge in [0.05, 0.1) is 18.4 Å². The van der Waals surface area contributed by atoms with E-state index in [-0.39, 0.29) is 18.4 Å². The third kappa shape index (κ3) is 7.57. The minimum absolute atomic E-state index is 0.164. The number of carbonyl (C=O) groups excluding carboxylic acids is 2. The van der Waals surface area contributed by atoms with Gasteiger partial charge in [0.2, 0.25) is 0 Å². The van der Waals surface area contributed by atoms with Gasteiger partial charge in [0, 0.05) is 49.1 Å². The van der Waals surface area contributed by atoms with Crippen LogP contribution in [-0.4, -0.2) is 58.3 Å². The zero-order chi connectivity index (χ0) is 27.8. The molecule has 0 spiro atoms. The van der Waals surface area contributed by atoms with Crippen LogP contribution < -0.4 is 29.9 Å². The summed E-state index contributed by atoms with van der Waals surface area (Å²) < 4.78 is 11.1. The summed E-state index contributed by atoms with van der Waals surface area (Å²) in [6, 6.07) is 20.3. The van der Waals surface area contributed by atoms with Gasteiger partial charge in [-0.15, -0.1) is 0 Å². The van der Waals surface area contributed by atoms with E-state index in [0.717, 1.165) is 43.3 Å². The van der Waals surface area contributed by atoms with Gasteiger partial charge in [-0.25, -0.2) is 0 Å². The number of methoxy groups -OCH3 is 1. The topological polar surface area (TPSA) is 83.1 Å². The fourth-order valence-corrected chi connectivity index (χ4v) is 4.55. The lowest BCUT2D eigenvalue weighted by atomic mass is 10.1. The van der Waals surface area contributed by atoms with Gasteiger partial charge in [-0.2, -0.15) is 0 Å². The lowest BCUT2D eigenvalue weighted by Gasteiger charge is -2.38. The van der Waals surface area contributed by atoms with E-state index >= 15 is 0 Å². The number of amides is 2. The molecule has 1 aliphatic heterocycles. The molecule has 3 aromatic carbocycles. The van der Waals surface area contributed by atoms with Crippen LogP contribution in [0.2, 0.25) is 5.02 Å². The number of nitrogens with one attached hydrogen (secondary N) is 2. The van der Waals surface area contributed by atoms with Crippen molar-refractivity contribution in [3.63, 3.8) is 0 Å². The molecule has 8 nitrogen and oxygen atoms in total. The largest absolute Gasteiger partial charge is 0.495 e. The number of hydrogen-bond acceptors (Lipinski definition) is 6. The van der Waals surface area contributed by atoms with E-state index in [4.69, 9.17) is 21.1 Å².